The Bertz CT molecular complexity index is 1220. The van der Waals surface area contributed by atoms with E-state index in [0.717, 1.165) is 47.9 Å². The van der Waals surface area contributed by atoms with E-state index in [1.807, 2.05) is 30.8 Å². The summed E-state index contributed by atoms with van der Waals surface area (Å²) in [6.45, 7) is 4.65. The molecule has 172 valence electrons. The van der Waals surface area contributed by atoms with Crippen LogP contribution in [0.2, 0.25) is 0 Å². The van der Waals surface area contributed by atoms with Crippen molar-refractivity contribution in [2.75, 3.05) is 26.7 Å². The molecule has 0 radical (unpaired) electrons. The third kappa shape index (κ3) is 4.54. The molecule has 33 heavy (non-hydrogen) atoms. The molecule has 4 heterocycles. The highest BCUT2D eigenvalue weighted by molar-refractivity contribution is 7.99. The van der Waals surface area contributed by atoms with Crippen LogP contribution in [0.25, 0.3) is 5.69 Å². The number of nitrogens with zero attached hydrogens (tertiary/aromatic N) is 2. The van der Waals surface area contributed by atoms with Gasteiger partial charge >= 0.3 is 0 Å². The molecule has 3 aromatic rings. The first-order valence-electron chi connectivity index (χ1n) is 11.5. The summed E-state index contributed by atoms with van der Waals surface area (Å²) in [4.78, 5) is 30.1. The molecule has 5 rings (SSSR count). The number of aryl methyl sites for hydroxylation is 1. The molecule has 0 spiro atoms. The second-order valence-corrected chi connectivity index (χ2v) is 11.1. The summed E-state index contributed by atoms with van der Waals surface area (Å²) in [5, 5.41) is 7.51. The van der Waals surface area contributed by atoms with Gasteiger partial charge in [0, 0.05) is 47.1 Å². The van der Waals surface area contributed by atoms with E-state index < -0.39 is 0 Å². The van der Waals surface area contributed by atoms with Crippen molar-refractivity contribution >= 4 is 29.0 Å². The Kier molecular flexibility index (Phi) is 6.45. The third-order valence-electron chi connectivity index (χ3n) is 6.67. The van der Waals surface area contributed by atoms with Gasteiger partial charge < -0.3 is 14.8 Å². The van der Waals surface area contributed by atoms with E-state index in [2.05, 4.69) is 50.8 Å². The number of amides is 1. The number of likely N-dealkylation sites (tertiary alicyclic amines) is 1. The van der Waals surface area contributed by atoms with Crippen molar-refractivity contribution in [1.82, 2.24) is 14.8 Å². The Morgan fingerprint density at radius 2 is 2.09 bits per heavy atom. The van der Waals surface area contributed by atoms with E-state index in [1.165, 1.54) is 5.56 Å². The Labute approximate surface area is 202 Å². The lowest BCUT2D eigenvalue weighted by Gasteiger charge is -2.29. The third-order valence-corrected chi connectivity index (χ3v) is 8.69. The van der Waals surface area contributed by atoms with Crippen LogP contribution in [-0.4, -0.2) is 42.1 Å². The quantitative estimate of drug-likeness (QED) is 0.591. The second kappa shape index (κ2) is 9.49. The van der Waals surface area contributed by atoms with E-state index in [-0.39, 0.29) is 16.6 Å². The normalized spacial score (nSPS) is 20.5. The van der Waals surface area contributed by atoms with E-state index in [0.29, 0.717) is 24.4 Å². The topological polar surface area (TPSA) is 54.3 Å². The van der Waals surface area contributed by atoms with Gasteiger partial charge in [-0.25, -0.2) is 0 Å². The number of benzene rings is 1. The van der Waals surface area contributed by atoms with Crippen molar-refractivity contribution in [2.24, 2.45) is 5.92 Å². The van der Waals surface area contributed by atoms with Crippen molar-refractivity contribution in [2.45, 2.75) is 36.3 Å². The Morgan fingerprint density at radius 3 is 2.88 bits per heavy atom. The van der Waals surface area contributed by atoms with Crippen LogP contribution in [0.4, 0.5) is 0 Å². The number of pyridine rings is 1. The molecule has 1 fully saturated rings. The maximum absolute atomic E-state index is 13.4. The molecular weight excluding hydrogens is 450 g/mol. The highest BCUT2D eigenvalue weighted by Gasteiger charge is 2.29. The maximum atomic E-state index is 13.4. The van der Waals surface area contributed by atoms with Gasteiger partial charge in [0.1, 0.15) is 5.56 Å². The smallest absolute Gasteiger partial charge is 0.257 e. The molecular formula is C26H29N3O2S2. The number of hydrogen-bond donors (Lipinski definition) is 1. The van der Waals surface area contributed by atoms with Crippen LogP contribution in [-0.2, 0) is 6.42 Å². The minimum Gasteiger partial charge on any atom is -0.352 e. The lowest BCUT2D eigenvalue weighted by atomic mass is 9.98. The molecule has 0 aliphatic carbocycles. The zero-order valence-electron chi connectivity index (χ0n) is 19.0. The molecule has 0 saturated carbocycles. The van der Waals surface area contributed by atoms with Crippen LogP contribution in [0.15, 0.2) is 56.8 Å². The van der Waals surface area contributed by atoms with E-state index >= 15 is 0 Å². The number of hydrogen-bond acceptors (Lipinski definition) is 5. The van der Waals surface area contributed by atoms with Gasteiger partial charge in [0.2, 0.25) is 0 Å². The van der Waals surface area contributed by atoms with Crippen LogP contribution in [0.1, 0.15) is 45.4 Å². The fourth-order valence-electron chi connectivity index (χ4n) is 5.09. The van der Waals surface area contributed by atoms with Gasteiger partial charge in [-0.2, -0.15) is 11.3 Å². The van der Waals surface area contributed by atoms with Gasteiger partial charge in [-0.15, -0.1) is 11.8 Å². The molecule has 2 aliphatic heterocycles. The SMILES string of the molecule is Cc1cc(=O)c(C(=O)NC[C@@H]2CCCN(C)C2)c2n1-c1ccccc1S[C@@H](c1ccsc1)C2. The number of nitrogens with one attached hydrogen (secondary N) is 1. The van der Waals surface area contributed by atoms with Gasteiger partial charge in [0.15, 0.2) is 5.43 Å². The standard InChI is InChI=1S/C26H29N3O2S2/c1-17-12-22(30)25(26(31)27-14-18-6-5-10-28(2)15-18)21-13-24(19-9-11-32-16-19)33-23-8-4-3-7-20(23)29(17)21/h3-4,7-9,11-12,16,18,24H,5-6,10,13-15H2,1-2H3,(H,27,31)/t18-,24+/m0/s1. The predicted octanol–water partition coefficient (Wildman–Crippen LogP) is 4.67. The molecule has 0 unspecified atom stereocenters. The van der Waals surface area contributed by atoms with Crippen molar-refractivity contribution < 1.29 is 4.79 Å². The van der Waals surface area contributed by atoms with Gasteiger partial charge in [-0.05, 0) is 73.8 Å². The molecule has 1 N–H and O–H groups in total. The molecule has 1 aromatic carbocycles. The molecule has 5 nitrogen and oxygen atoms in total. The Morgan fingerprint density at radius 1 is 1.24 bits per heavy atom. The van der Waals surface area contributed by atoms with Crippen molar-refractivity contribution in [1.29, 1.82) is 0 Å². The minimum atomic E-state index is -0.245. The first kappa shape index (κ1) is 22.4. The lowest BCUT2D eigenvalue weighted by Crippen LogP contribution is -2.40. The second-order valence-electron chi connectivity index (χ2n) is 9.12. The van der Waals surface area contributed by atoms with Crippen LogP contribution in [0, 0.1) is 12.8 Å². The van der Waals surface area contributed by atoms with Gasteiger partial charge in [-0.1, -0.05) is 12.1 Å². The van der Waals surface area contributed by atoms with E-state index in [1.54, 1.807) is 17.4 Å². The summed E-state index contributed by atoms with van der Waals surface area (Å²) in [5.41, 5.74) is 4.05. The number of thioether (sulfide) groups is 1. The highest BCUT2D eigenvalue weighted by atomic mass is 32.2. The number of aromatic nitrogens is 1. The van der Waals surface area contributed by atoms with Crippen LogP contribution in [0.3, 0.4) is 0 Å². The molecule has 2 atom stereocenters. The number of thiophene rings is 1. The summed E-state index contributed by atoms with van der Waals surface area (Å²) >= 11 is 3.49. The number of carbonyl (C=O) groups excluding carboxylic acids is 1. The number of rotatable bonds is 4. The Balaban J connectivity index is 1.55. The first-order chi connectivity index (χ1) is 16.0. The fourth-order valence-corrected chi connectivity index (χ4v) is 7.15. The molecule has 0 bridgehead atoms. The predicted molar refractivity (Wildman–Crippen MR) is 136 cm³/mol. The number of piperidine rings is 1. The molecule has 2 aromatic heterocycles. The molecule has 7 heteroatoms. The molecule has 1 saturated heterocycles. The monoisotopic (exact) mass is 479 g/mol. The zero-order chi connectivity index (χ0) is 22.9. The summed E-state index contributed by atoms with van der Waals surface area (Å²) in [5.74, 6) is 0.180. The maximum Gasteiger partial charge on any atom is 0.257 e. The van der Waals surface area contributed by atoms with Gasteiger partial charge in [0.05, 0.1) is 5.69 Å². The largest absolute Gasteiger partial charge is 0.352 e. The van der Waals surface area contributed by atoms with Crippen molar-refractivity contribution in [3.63, 3.8) is 0 Å². The van der Waals surface area contributed by atoms with Crippen molar-refractivity contribution in [3.05, 3.63) is 79.9 Å². The minimum absolute atomic E-state index is 0.144. The van der Waals surface area contributed by atoms with E-state index in [4.69, 9.17) is 0 Å². The van der Waals surface area contributed by atoms with E-state index in [9.17, 15) is 9.59 Å². The van der Waals surface area contributed by atoms with Crippen LogP contribution >= 0.6 is 23.1 Å². The summed E-state index contributed by atoms with van der Waals surface area (Å²) in [6, 6.07) is 12.0. The summed E-state index contributed by atoms with van der Waals surface area (Å²) in [6.07, 6.45) is 2.89. The molecule has 2 aliphatic rings. The average Bonchev–Trinajstić information content (AvgIpc) is 3.27. The molecule has 1 amide bonds. The first-order valence-corrected chi connectivity index (χ1v) is 13.3. The van der Waals surface area contributed by atoms with Crippen LogP contribution in [0.5, 0.6) is 0 Å². The Hall–Kier alpha value is -2.35. The highest BCUT2D eigenvalue weighted by Crippen LogP contribution is 2.44. The lowest BCUT2D eigenvalue weighted by molar-refractivity contribution is 0.0934. The van der Waals surface area contributed by atoms with Crippen LogP contribution < -0.4 is 10.7 Å². The zero-order valence-corrected chi connectivity index (χ0v) is 20.7. The number of para-hydroxylation sites is 1. The van der Waals surface area contributed by atoms with Crippen molar-refractivity contribution in [3.8, 4) is 5.69 Å². The van der Waals surface area contributed by atoms with Gasteiger partial charge in [-0.3, -0.25) is 9.59 Å². The summed E-state index contributed by atoms with van der Waals surface area (Å²) < 4.78 is 2.12. The summed E-state index contributed by atoms with van der Waals surface area (Å²) in [7, 11) is 2.12. The fraction of sp³-hybridized carbons (Fsp3) is 0.385. The number of fused-ring (bicyclic) bond motifs is 3. The number of carbonyl (C=O) groups is 1. The van der Waals surface area contributed by atoms with Gasteiger partial charge in [0.25, 0.3) is 5.91 Å². The average molecular weight is 480 g/mol.